The Hall–Kier alpha value is -3.45. The van der Waals surface area contributed by atoms with Crippen molar-refractivity contribution in [2.75, 3.05) is 11.5 Å². The van der Waals surface area contributed by atoms with Crippen molar-refractivity contribution >= 4 is 51.7 Å². The number of carbonyl (C=O) groups excluding carboxylic acids is 3. The maximum absolute atomic E-state index is 13.0. The van der Waals surface area contributed by atoms with Crippen LogP contribution in [0.1, 0.15) is 19.5 Å². The van der Waals surface area contributed by atoms with E-state index in [1.165, 1.54) is 16.7 Å². The summed E-state index contributed by atoms with van der Waals surface area (Å²) >= 11 is 2.51. The molecule has 0 spiro atoms. The molecule has 0 aliphatic carbocycles. The number of hydrogen-bond acceptors (Lipinski definition) is 10. The van der Waals surface area contributed by atoms with Gasteiger partial charge in [0.2, 0.25) is 0 Å². The molecular formula is C21H22N6O5S2. The van der Waals surface area contributed by atoms with Crippen molar-refractivity contribution in [2.45, 2.75) is 37.9 Å². The summed E-state index contributed by atoms with van der Waals surface area (Å²) in [5, 5.41) is 19.7. The standard InChI is InChI=1S/C21H22N6O5S2/c1-11(2)32-25-14(13-10-34-21(22)23-13)17(28)24-15-18(29)27-16(20(30)31)12(9-33-19(15)27)8-26-6-4-3-5-7-26/h3-7,10-11,15,19H,8-9H2,1-2H3,(H3-,22,23,24,28,30,31)/b25-14-/t15-,19-/m1/s1. The quantitative estimate of drug-likeness (QED) is 0.207. The molecule has 11 nitrogen and oxygen atoms in total. The summed E-state index contributed by atoms with van der Waals surface area (Å²) in [6.45, 7) is 3.80. The lowest BCUT2D eigenvalue weighted by Crippen LogP contribution is -2.71. The molecule has 2 atom stereocenters. The van der Waals surface area contributed by atoms with Gasteiger partial charge >= 0.3 is 0 Å². The number of oxime groups is 1. The number of thioether (sulfide) groups is 1. The smallest absolute Gasteiger partial charge is 0.276 e. The van der Waals surface area contributed by atoms with Crippen molar-refractivity contribution < 1.29 is 28.9 Å². The maximum atomic E-state index is 13.0. The van der Waals surface area contributed by atoms with Gasteiger partial charge in [0.1, 0.15) is 23.2 Å². The number of nitrogens with two attached hydrogens (primary N) is 1. The number of aromatic nitrogens is 2. The van der Waals surface area contributed by atoms with Gasteiger partial charge in [0.05, 0.1) is 11.7 Å². The molecule has 2 amide bonds. The highest BCUT2D eigenvalue weighted by atomic mass is 32.2. The van der Waals surface area contributed by atoms with Gasteiger partial charge in [0, 0.05) is 28.8 Å². The van der Waals surface area contributed by atoms with Gasteiger partial charge < -0.3 is 25.8 Å². The highest BCUT2D eigenvalue weighted by molar-refractivity contribution is 8.00. The van der Waals surface area contributed by atoms with Gasteiger partial charge in [-0.1, -0.05) is 11.2 Å². The highest BCUT2D eigenvalue weighted by Crippen LogP contribution is 2.40. The van der Waals surface area contributed by atoms with Crippen LogP contribution in [0, 0.1) is 0 Å². The maximum Gasteiger partial charge on any atom is 0.276 e. The number of carboxylic acids is 1. The first kappa shape index (κ1) is 23.7. The number of carboxylic acid groups (broad SMARTS) is 1. The van der Waals surface area contributed by atoms with Crippen LogP contribution in [0.3, 0.4) is 0 Å². The molecule has 4 rings (SSSR count). The number of nitrogens with zero attached hydrogens (tertiary/aromatic N) is 4. The number of hydrogen-bond donors (Lipinski definition) is 2. The number of rotatable bonds is 8. The molecule has 4 heterocycles. The molecular weight excluding hydrogens is 480 g/mol. The van der Waals surface area contributed by atoms with Crippen LogP contribution in [0.4, 0.5) is 5.13 Å². The average Bonchev–Trinajstić information content (AvgIpc) is 3.23. The second kappa shape index (κ2) is 9.81. The second-order valence-electron chi connectivity index (χ2n) is 7.81. The zero-order chi connectivity index (χ0) is 24.4. The van der Waals surface area contributed by atoms with Crippen LogP contribution in [0.2, 0.25) is 0 Å². The van der Waals surface area contributed by atoms with Crippen LogP contribution in [0.5, 0.6) is 0 Å². The zero-order valence-corrected chi connectivity index (χ0v) is 20.0. The van der Waals surface area contributed by atoms with Crippen LogP contribution >= 0.6 is 23.1 Å². The largest absolute Gasteiger partial charge is 0.543 e. The highest BCUT2D eigenvalue weighted by Gasteiger charge is 2.53. The molecule has 3 N–H and O–H groups in total. The number of fused-ring (bicyclic) bond motifs is 1. The van der Waals surface area contributed by atoms with Crippen molar-refractivity contribution in [1.82, 2.24) is 15.2 Å². The number of anilines is 1. The molecule has 0 aromatic carbocycles. The van der Waals surface area contributed by atoms with Gasteiger partial charge in [-0.3, -0.25) is 14.5 Å². The first-order valence-electron chi connectivity index (χ1n) is 10.3. The van der Waals surface area contributed by atoms with Gasteiger partial charge in [-0.25, -0.2) is 9.55 Å². The first-order chi connectivity index (χ1) is 16.3. The van der Waals surface area contributed by atoms with E-state index >= 15 is 0 Å². The number of nitrogens with one attached hydrogen (secondary N) is 1. The summed E-state index contributed by atoms with van der Waals surface area (Å²) in [5.74, 6) is -2.27. The van der Waals surface area contributed by atoms with E-state index in [9.17, 15) is 19.5 Å². The lowest BCUT2D eigenvalue weighted by molar-refractivity contribution is -0.689. The van der Waals surface area contributed by atoms with E-state index in [0.717, 1.165) is 11.3 Å². The third kappa shape index (κ3) is 4.75. The molecule has 0 unspecified atom stereocenters. The molecule has 0 saturated carbocycles. The van der Waals surface area contributed by atoms with Crippen LogP contribution < -0.4 is 20.7 Å². The number of aliphatic carboxylic acids is 1. The molecule has 2 aliphatic heterocycles. The zero-order valence-electron chi connectivity index (χ0n) is 18.3. The fourth-order valence-electron chi connectivity index (χ4n) is 3.52. The Morgan fingerprint density at radius 2 is 2.12 bits per heavy atom. The topological polar surface area (TPSA) is 154 Å². The van der Waals surface area contributed by atoms with E-state index < -0.39 is 29.2 Å². The molecule has 2 aromatic heterocycles. The fourth-order valence-corrected chi connectivity index (χ4v) is 5.40. The predicted molar refractivity (Wildman–Crippen MR) is 123 cm³/mol. The molecule has 1 saturated heterocycles. The number of thiazole rings is 1. The Bertz CT molecular complexity index is 1180. The Morgan fingerprint density at radius 1 is 1.38 bits per heavy atom. The molecule has 34 heavy (non-hydrogen) atoms. The summed E-state index contributed by atoms with van der Waals surface area (Å²) < 4.78 is 1.82. The van der Waals surface area contributed by atoms with E-state index in [1.54, 1.807) is 19.2 Å². The van der Waals surface area contributed by atoms with Crippen LogP contribution in [0.25, 0.3) is 0 Å². The Labute approximate surface area is 203 Å². The number of nitrogen functional groups attached to an aromatic ring is 1. The minimum Gasteiger partial charge on any atom is -0.543 e. The van der Waals surface area contributed by atoms with E-state index in [2.05, 4.69) is 15.5 Å². The molecule has 13 heteroatoms. The number of pyridine rings is 1. The van der Waals surface area contributed by atoms with Gasteiger partial charge in [0.15, 0.2) is 29.8 Å². The van der Waals surface area contributed by atoms with Gasteiger partial charge in [-0.15, -0.1) is 23.1 Å². The number of β-lactam (4-membered cyclic amide) rings is 1. The normalized spacial score (nSPS) is 20.1. The first-order valence-corrected chi connectivity index (χ1v) is 12.3. The summed E-state index contributed by atoms with van der Waals surface area (Å²) in [7, 11) is 0. The molecule has 1 fully saturated rings. The van der Waals surface area contributed by atoms with Gasteiger partial charge in [-0.05, 0) is 13.8 Å². The van der Waals surface area contributed by atoms with Crippen LogP contribution in [-0.2, 0) is 25.8 Å². The summed E-state index contributed by atoms with van der Waals surface area (Å²) in [6, 6.07) is 4.58. The van der Waals surface area contributed by atoms with Crippen molar-refractivity contribution in [3.8, 4) is 0 Å². The molecule has 0 radical (unpaired) electrons. The van der Waals surface area contributed by atoms with Crippen molar-refractivity contribution in [3.05, 3.63) is 52.9 Å². The van der Waals surface area contributed by atoms with Crippen molar-refractivity contribution in [1.29, 1.82) is 0 Å². The van der Waals surface area contributed by atoms with Crippen LogP contribution in [0.15, 0.2) is 52.4 Å². The molecule has 2 aromatic rings. The Balaban J connectivity index is 1.53. The third-order valence-corrected chi connectivity index (χ3v) is 7.03. The van der Waals surface area contributed by atoms with Crippen molar-refractivity contribution in [2.24, 2.45) is 5.16 Å². The fraction of sp³-hybridized carbons (Fsp3) is 0.333. The predicted octanol–water partition coefficient (Wildman–Crippen LogP) is -0.754. The Kier molecular flexibility index (Phi) is 6.84. The molecule has 2 aliphatic rings. The molecule has 178 valence electrons. The average molecular weight is 503 g/mol. The lowest BCUT2D eigenvalue weighted by atomic mass is 10.0. The van der Waals surface area contributed by atoms with E-state index in [0.29, 0.717) is 17.9 Å². The number of amides is 2. The summed E-state index contributed by atoms with van der Waals surface area (Å²) in [4.78, 5) is 48.3. The van der Waals surface area contributed by atoms with E-state index in [4.69, 9.17) is 10.6 Å². The minimum absolute atomic E-state index is 0.120. The van der Waals surface area contributed by atoms with Crippen molar-refractivity contribution in [3.63, 3.8) is 0 Å². The van der Waals surface area contributed by atoms with E-state index in [1.807, 2.05) is 35.2 Å². The SMILES string of the molecule is CC(C)O/N=C(\C(=O)N[C@@H]1C(=O)N2C(C(=O)[O-])=C(C[n+]3ccccc3)CS[C@H]12)c1csc(N)n1. The summed E-state index contributed by atoms with van der Waals surface area (Å²) in [6.07, 6.45) is 3.33. The minimum atomic E-state index is -1.43. The lowest BCUT2D eigenvalue weighted by Gasteiger charge is -2.50. The number of carbonyl (C=O) groups is 3. The molecule has 0 bridgehead atoms. The van der Waals surface area contributed by atoms with Gasteiger partial charge in [0.25, 0.3) is 11.8 Å². The van der Waals surface area contributed by atoms with Gasteiger partial charge in [-0.2, -0.15) is 0 Å². The third-order valence-electron chi connectivity index (χ3n) is 5.01. The monoisotopic (exact) mass is 502 g/mol. The Morgan fingerprint density at radius 3 is 2.74 bits per heavy atom. The van der Waals surface area contributed by atoms with Crippen LogP contribution in [-0.4, -0.2) is 56.7 Å². The van der Waals surface area contributed by atoms with E-state index in [-0.39, 0.29) is 28.3 Å². The second-order valence-corrected chi connectivity index (χ2v) is 9.81. The summed E-state index contributed by atoms with van der Waals surface area (Å²) in [5.41, 5.74) is 6.18.